The Bertz CT molecular complexity index is 922. The highest BCUT2D eigenvalue weighted by atomic mass is 16.5. The topological polar surface area (TPSA) is 46.5 Å². The van der Waals surface area contributed by atoms with Crippen LogP contribution in [0.5, 0.6) is 5.75 Å². The minimum atomic E-state index is -0.760. The normalized spacial score (nSPS) is 13.9. The molecule has 0 aliphatic heterocycles. The minimum absolute atomic E-state index is 0.159. The standard InChI is InChI=1S/C25H30O3/c1-16-8-9-21(14-17(16)2)23-7-5-6-22(23)15-28-24-12-10-20(11-13-25(26)27)18(3)19(24)4/h8-10,12,14H,5-7,11,13,15H2,1-4H3,(H,26,27). The number of hydrogen-bond acceptors (Lipinski definition) is 2. The van der Waals surface area contributed by atoms with Crippen LogP contribution >= 0.6 is 0 Å². The highest BCUT2D eigenvalue weighted by Gasteiger charge is 2.18. The molecule has 0 amide bonds. The molecule has 1 aliphatic rings. The lowest BCUT2D eigenvalue weighted by Crippen LogP contribution is -2.05. The fraction of sp³-hybridized carbons (Fsp3) is 0.400. The van der Waals surface area contributed by atoms with Crippen molar-refractivity contribution in [1.82, 2.24) is 0 Å². The van der Waals surface area contributed by atoms with E-state index in [4.69, 9.17) is 9.84 Å². The van der Waals surface area contributed by atoms with E-state index in [-0.39, 0.29) is 6.42 Å². The van der Waals surface area contributed by atoms with Crippen LogP contribution in [0.25, 0.3) is 5.57 Å². The van der Waals surface area contributed by atoms with Crippen molar-refractivity contribution < 1.29 is 14.6 Å². The lowest BCUT2D eigenvalue weighted by atomic mass is 9.98. The molecule has 28 heavy (non-hydrogen) atoms. The lowest BCUT2D eigenvalue weighted by Gasteiger charge is -2.16. The van der Waals surface area contributed by atoms with Crippen LogP contribution < -0.4 is 4.74 Å². The van der Waals surface area contributed by atoms with Gasteiger partial charge < -0.3 is 9.84 Å². The van der Waals surface area contributed by atoms with Crippen LogP contribution in [0.3, 0.4) is 0 Å². The molecule has 0 bridgehead atoms. The maximum atomic E-state index is 10.8. The number of carbonyl (C=O) groups is 1. The molecule has 0 unspecified atom stereocenters. The molecule has 3 heteroatoms. The summed E-state index contributed by atoms with van der Waals surface area (Å²) in [5.41, 5.74) is 10.2. The van der Waals surface area contributed by atoms with Gasteiger partial charge in [0.25, 0.3) is 0 Å². The number of aliphatic carboxylic acids is 1. The van der Waals surface area contributed by atoms with Gasteiger partial charge in [-0.25, -0.2) is 0 Å². The van der Waals surface area contributed by atoms with E-state index < -0.39 is 5.97 Å². The highest BCUT2D eigenvalue weighted by Crippen LogP contribution is 2.35. The molecule has 0 atom stereocenters. The second kappa shape index (κ2) is 8.64. The van der Waals surface area contributed by atoms with Gasteiger partial charge >= 0.3 is 5.97 Å². The van der Waals surface area contributed by atoms with Crippen molar-refractivity contribution in [2.45, 2.75) is 59.8 Å². The average molecular weight is 379 g/mol. The third-order valence-corrected chi connectivity index (χ3v) is 6.05. The van der Waals surface area contributed by atoms with Crippen molar-refractivity contribution in [3.05, 3.63) is 69.3 Å². The Labute approximate surface area is 168 Å². The number of carboxylic acid groups (broad SMARTS) is 1. The zero-order valence-corrected chi connectivity index (χ0v) is 17.4. The zero-order chi connectivity index (χ0) is 20.3. The highest BCUT2D eigenvalue weighted by molar-refractivity contribution is 5.71. The molecular formula is C25H30O3. The monoisotopic (exact) mass is 378 g/mol. The van der Waals surface area contributed by atoms with Crippen molar-refractivity contribution in [2.75, 3.05) is 6.61 Å². The molecule has 2 aromatic carbocycles. The number of carboxylic acids is 1. The van der Waals surface area contributed by atoms with Crippen molar-refractivity contribution in [1.29, 1.82) is 0 Å². The number of allylic oxidation sites excluding steroid dienone is 1. The van der Waals surface area contributed by atoms with Crippen LogP contribution in [0, 0.1) is 27.7 Å². The quantitative estimate of drug-likeness (QED) is 0.647. The SMILES string of the molecule is Cc1ccc(C2=C(COc3ccc(CCC(=O)O)c(C)c3C)CCC2)cc1C. The Morgan fingerprint density at radius 2 is 1.79 bits per heavy atom. The van der Waals surface area contributed by atoms with E-state index in [0.717, 1.165) is 35.3 Å². The first kappa shape index (κ1) is 20.2. The Kier molecular flexibility index (Phi) is 6.23. The van der Waals surface area contributed by atoms with Crippen LogP contribution in [-0.2, 0) is 11.2 Å². The smallest absolute Gasteiger partial charge is 0.303 e. The molecule has 0 aromatic heterocycles. The summed E-state index contributed by atoms with van der Waals surface area (Å²) in [7, 11) is 0. The summed E-state index contributed by atoms with van der Waals surface area (Å²) < 4.78 is 6.21. The summed E-state index contributed by atoms with van der Waals surface area (Å²) in [4.78, 5) is 10.8. The van der Waals surface area contributed by atoms with E-state index in [1.54, 1.807) is 0 Å². The van der Waals surface area contributed by atoms with Gasteiger partial charge in [0.05, 0.1) is 0 Å². The molecule has 2 aromatic rings. The fourth-order valence-corrected chi connectivity index (χ4v) is 3.93. The van der Waals surface area contributed by atoms with Gasteiger partial charge in [-0.2, -0.15) is 0 Å². The number of benzene rings is 2. The number of hydrogen-bond donors (Lipinski definition) is 1. The van der Waals surface area contributed by atoms with Gasteiger partial charge in [0.15, 0.2) is 0 Å². The first-order valence-electron chi connectivity index (χ1n) is 10.1. The van der Waals surface area contributed by atoms with Gasteiger partial charge in [-0.05, 0) is 104 Å². The van der Waals surface area contributed by atoms with Crippen molar-refractivity contribution in [3.63, 3.8) is 0 Å². The third-order valence-electron chi connectivity index (χ3n) is 6.05. The Balaban J connectivity index is 1.76. The Hall–Kier alpha value is -2.55. The van der Waals surface area contributed by atoms with Crippen LogP contribution in [0.15, 0.2) is 35.9 Å². The molecule has 0 saturated heterocycles. The van der Waals surface area contributed by atoms with Crippen LogP contribution in [0.1, 0.15) is 59.1 Å². The summed E-state index contributed by atoms with van der Waals surface area (Å²) in [5.74, 6) is 0.139. The second-order valence-corrected chi connectivity index (χ2v) is 7.89. The van der Waals surface area contributed by atoms with Gasteiger partial charge in [0.1, 0.15) is 12.4 Å². The molecule has 148 valence electrons. The van der Waals surface area contributed by atoms with Crippen molar-refractivity contribution >= 4 is 11.5 Å². The maximum Gasteiger partial charge on any atom is 0.303 e. The average Bonchev–Trinajstić information content (AvgIpc) is 3.13. The van der Waals surface area contributed by atoms with Gasteiger partial charge in [-0.1, -0.05) is 24.3 Å². The molecule has 0 radical (unpaired) electrons. The number of rotatable bonds is 7. The summed E-state index contributed by atoms with van der Waals surface area (Å²) in [5, 5.41) is 8.92. The molecule has 1 N–H and O–H groups in total. The minimum Gasteiger partial charge on any atom is -0.489 e. The van der Waals surface area contributed by atoms with Crippen LogP contribution in [-0.4, -0.2) is 17.7 Å². The molecular weight excluding hydrogens is 348 g/mol. The van der Waals surface area contributed by atoms with Crippen molar-refractivity contribution in [3.8, 4) is 5.75 Å². The van der Waals surface area contributed by atoms with Gasteiger partial charge in [-0.3, -0.25) is 4.79 Å². The molecule has 3 nitrogen and oxygen atoms in total. The van der Waals surface area contributed by atoms with E-state index in [1.165, 1.54) is 34.3 Å². The predicted molar refractivity (Wildman–Crippen MR) is 114 cm³/mol. The first-order valence-corrected chi connectivity index (χ1v) is 10.1. The van der Waals surface area contributed by atoms with E-state index in [9.17, 15) is 4.79 Å². The summed E-state index contributed by atoms with van der Waals surface area (Å²) in [6, 6.07) is 10.7. The van der Waals surface area contributed by atoms with Crippen LogP contribution in [0.2, 0.25) is 0 Å². The van der Waals surface area contributed by atoms with Crippen LogP contribution in [0.4, 0.5) is 0 Å². The van der Waals surface area contributed by atoms with Gasteiger partial charge in [-0.15, -0.1) is 0 Å². The molecule has 3 rings (SSSR count). The van der Waals surface area contributed by atoms with E-state index in [0.29, 0.717) is 13.0 Å². The lowest BCUT2D eigenvalue weighted by molar-refractivity contribution is -0.136. The van der Waals surface area contributed by atoms with E-state index in [2.05, 4.69) is 45.9 Å². The number of aryl methyl sites for hydroxylation is 3. The predicted octanol–water partition coefficient (Wildman–Crippen LogP) is 5.95. The largest absolute Gasteiger partial charge is 0.489 e. The Morgan fingerprint density at radius 1 is 1.00 bits per heavy atom. The van der Waals surface area contributed by atoms with Gasteiger partial charge in [0, 0.05) is 6.42 Å². The van der Waals surface area contributed by atoms with E-state index in [1.807, 2.05) is 12.1 Å². The molecule has 0 spiro atoms. The summed E-state index contributed by atoms with van der Waals surface area (Å²) >= 11 is 0. The number of ether oxygens (including phenoxy) is 1. The summed E-state index contributed by atoms with van der Waals surface area (Å²) in [6.07, 6.45) is 4.12. The fourth-order valence-electron chi connectivity index (χ4n) is 3.93. The zero-order valence-electron chi connectivity index (χ0n) is 17.4. The second-order valence-electron chi connectivity index (χ2n) is 7.89. The third kappa shape index (κ3) is 4.46. The summed E-state index contributed by atoms with van der Waals surface area (Å²) in [6.45, 7) is 9.05. The maximum absolute atomic E-state index is 10.8. The molecule has 0 saturated carbocycles. The van der Waals surface area contributed by atoms with E-state index >= 15 is 0 Å². The first-order chi connectivity index (χ1) is 13.4. The molecule has 1 aliphatic carbocycles. The Morgan fingerprint density at radius 3 is 2.50 bits per heavy atom. The van der Waals surface area contributed by atoms with Gasteiger partial charge in [0.2, 0.25) is 0 Å². The van der Waals surface area contributed by atoms with Crippen molar-refractivity contribution in [2.24, 2.45) is 0 Å². The molecule has 0 fully saturated rings. The molecule has 0 heterocycles.